The fourth-order valence-electron chi connectivity index (χ4n) is 2.83. The molecule has 96 valence electrons. The Bertz CT molecular complexity index is 417. The Hall–Kier alpha value is -1.31. The second kappa shape index (κ2) is 4.75. The highest BCUT2D eigenvalue weighted by atomic mass is 16.1. The summed E-state index contributed by atoms with van der Waals surface area (Å²) in [5.41, 5.74) is 1.94. The van der Waals surface area contributed by atoms with Gasteiger partial charge in [-0.25, -0.2) is 0 Å². The molecule has 0 aliphatic heterocycles. The van der Waals surface area contributed by atoms with E-state index < -0.39 is 0 Å². The summed E-state index contributed by atoms with van der Waals surface area (Å²) in [4.78, 5) is 11.2. The van der Waals surface area contributed by atoms with Gasteiger partial charge in [-0.2, -0.15) is 0 Å². The minimum Gasteiger partial charge on any atom is -0.385 e. The number of rotatable bonds is 6. The van der Waals surface area contributed by atoms with Crippen LogP contribution in [-0.4, -0.2) is 12.3 Å². The van der Waals surface area contributed by atoms with Gasteiger partial charge in [0.2, 0.25) is 0 Å². The van der Waals surface area contributed by atoms with E-state index in [1.165, 1.54) is 25.7 Å². The van der Waals surface area contributed by atoms with Gasteiger partial charge in [-0.3, -0.25) is 4.79 Å². The molecule has 2 aliphatic rings. The number of ketones is 1. The van der Waals surface area contributed by atoms with Crippen LogP contribution in [-0.2, 0) is 0 Å². The SMILES string of the molecule is CC(=O)c1ccc(NCC(C2CC2)C2CC2)cc1. The van der Waals surface area contributed by atoms with E-state index in [4.69, 9.17) is 0 Å². The van der Waals surface area contributed by atoms with Gasteiger partial charge in [-0.1, -0.05) is 0 Å². The van der Waals surface area contributed by atoms with Crippen LogP contribution in [0.15, 0.2) is 24.3 Å². The molecule has 1 aromatic rings. The molecular formula is C16H21NO. The zero-order chi connectivity index (χ0) is 12.5. The van der Waals surface area contributed by atoms with Gasteiger partial charge in [0.05, 0.1) is 0 Å². The monoisotopic (exact) mass is 243 g/mol. The molecule has 18 heavy (non-hydrogen) atoms. The largest absolute Gasteiger partial charge is 0.385 e. The fraction of sp³-hybridized carbons (Fsp3) is 0.562. The van der Waals surface area contributed by atoms with Crippen molar-refractivity contribution in [2.45, 2.75) is 32.6 Å². The summed E-state index contributed by atoms with van der Waals surface area (Å²) < 4.78 is 0. The number of carbonyl (C=O) groups excluding carboxylic acids is 1. The van der Waals surface area contributed by atoms with Crippen molar-refractivity contribution in [1.29, 1.82) is 0 Å². The summed E-state index contributed by atoms with van der Waals surface area (Å²) in [5.74, 6) is 3.00. The average Bonchev–Trinajstić information content (AvgIpc) is 3.24. The first-order valence-electron chi connectivity index (χ1n) is 7.09. The van der Waals surface area contributed by atoms with Crippen LogP contribution in [0.25, 0.3) is 0 Å². The van der Waals surface area contributed by atoms with Crippen LogP contribution in [0.5, 0.6) is 0 Å². The number of nitrogens with one attached hydrogen (secondary N) is 1. The molecule has 0 radical (unpaired) electrons. The number of Topliss-reactive ketones (excluding diaryl/α,β-unsaturated/α-hetero) is 1. The van der Waals surface area contributed by atoms with Crippen LogP contribution in [0.2, 0.25) is 0 Å². The van der Waals surface area contributed by atoms with E-state index in [0.717, 1.165) is 35.5 Å². The van der Waals surface area contributed by atoms with Crippen molar-refractivity contribution in [3.05, 3.63) is 29.8 Å². The molecule has 0 aromatic heterocycles. The van der Waals surface area contributed by atoms with Crippen LogP contribution >= 0.6 is 0 Å². The molecule has 0 heterocycles. The molecule has 1 N–H and O–H groups in total. The zero-order valence-electron chi connectivity index (χ0n) is 11.0. The predicted molar refractivity (Wildman–Crippen MR) is 73.9 cm³/mol. The quantitative estimate of drug-likeness (QED) is 0.771. The maximum atomic E-state index is 11.2. The maximum Gasteiger partial charge on any atom is 0.159 e. The molecule has 2 fully saturated rings. The molecule has 0 spiro atoms. The lowest BCUT2D eigenvalue weighted by Crippen LogP contribution is -2.18. The van der Waals surface area contributed by atoms with E-state index in [9.17, 15) is 4.79 Å². The average molecular weight is 243 g/mol. The Morgan fingerprint density at radius 2 is 1.72 bits per heavy atom. The number of carbonyl (C=O) groups is 1. The number of hydrogen-bond acceptors (Lipinski definition) is 2. The maximum absolute atomic E-state index is 11.2. The van der Waals surface area contributed by atoms with Crippen molar-refractivity contribution >= 4 is 11.5 Å². The predicted octanol–water partition coefficient (Wildman–Crippen LogP) is 3.74. The summed E-state index contributed by atoms with van der Waals surface area (Å²) in [6, 6.07) is 7.86. The first-order chi connectivity index (χ1) is 8.74. The Kier molecular flexibility index (Phi) is 3.11. The minimum absolute atomic E-state index is 0.135. The Morgan fingerprint density at radius 3 is 2.17 bits per heavy atom. The fourth-order valence-corrected chi connectivity index (χ4v) is 2.83. The number of hydrogen-bond donors (Lipinski definition) is 1. The van der Waals surface area contributed by atoms with Crippen molar-refractivity contribution in [3.63, 3.8) is 0 Å². The lowest BCUT2D eigenvalue weighted by molar-refractivity contribution is 0.101. The second-order valence-electron chi connectivity index (χ2n) is 5.85. The standard InChI is InChI=1S/C16H21NO/c1-11(18)12-6-8-15(9-7-12)17-10-16(13-2-3-13)14-4-5-14/h6-9,13-14,16-17H,2-5,10H2,1H3. The third-order valence-electron chi connectivity index (χ3n) is 4.29. The van der Waals surface area contributed by atoms with Crippen molar-refractivity contribution in [1.82, 2.24) is 0 Å². The number of anilines is 1. The summed E-state index contributed by atoms with van der Waals surface area (Å²) >= 11 is 0. The van der Waals surface area contributed by atoms with E-state index in [2.05, 4.69) is 5.32 Å². The van der Waals surface area contributed by atoms with Gasteiger partial charge in [0.25, 0.3) is 0 Å². The zero-order valence-corrected chi connectivity index (χ0v) is 11.0. The van der Waals surface area contributed by atoms with Crippen molar-refractivity contribution < 1.29 is 4.79 Å². The van der Waals surface area contributed by atoms with Crippen LogP contribution in [0, 0.1) is 17.8 Å². The van der Waals surface area contributed by atoms with Crippen LogP contribution < -0.4 is 5.32 Å². The first-order valence-corrected chi connectivity index (χ1v) is 7.09. The normalized spacial score (nSPS) is 19.0. The van der Waals surface area contributed by atoms with E-state index in [0.29, 0.717) is 0 Å². The molecule has 0 amide bonds. The summed E-state index contributed by atoms with van der Waals surface area (Å²) in [5, 5.41) is 3.54. The Morgan fingerprint density at radius 1 is 1.17 bits per heavy atom. The van der Waals surface area contributed by atoms with Crippen LogP contribution in [0.1, 0.15) is 43.0 Å². The van der Waals surface area contributed by atoms with Crippen molar-refractivity contribution in [2.75, 3.05) is 11.9 Å². The van der Waals surface area contributed by atoms with Crippen molar-refractivity contribution in [2.24, 2.45) is 17.8 Å². The van der Waals surface area contributed by atoms with E-state index in [1.807, 2.05) is 24.3 Å². The lowest BCUT2D eigenvalue weighted by Gasteiger charge is -2.17. The van der Waals surface area contributed by atoms with E-state index in [-0.39, 0.29) is 5.78 Å². The van der Waals surface area contributed by atoms with Gasteiger partial charge in [-0.05, 0) is 74.6 Å². The summed E-state index contributed by atoms with van der Waals surface area (Å²) in [7, 11) is 0. The molecular weight excluding hydrogens is 222 g/mol. The first kappa shape index (κ1) is 11.8. The third-order valence-corrected chi connectivity index (χ3v) is 4.29. The van der Waals surface area contributed by atoms with Gasteiger partial charge in [0.1, 0.15) is 0 Å². The van der Waals surface area contributed by atoms with Gasteiger partial charge in [-0.15, -0.1) is 0 Å². The van der Waals surface area contributed by atoms with Gasteiger partial charge in [0, 0.05) is 17.8 Å². The topological polar surface area (TPSA) is 29.1 Å². The molecule has 2 nitrogen and oxygen atoms in total. The van der Waals surface area contributed by atoms with E-state index in [1.54, 1.807) is 6.92 Å². The van der Waals surface area contributed by atoms with E-state index >= 15 is 0 Å². The molecule has 0 atom stereocenters. The molecule has 0 unspecified atom stereocenters. The molecule has 2 heteroatoms. The summed E-state index contributed by atoms with van der Waals surface area (Å²) in [6.07, 6.45) is 5.75. The third kappa shape index (κ3) is 2.74. The Balaban J connectivity index is 1.56. The number of benzene rings is 1. The van der Waals surface area contributed by atoms with Gasteiger partial charge < -0.3 is 5.32 Å². The minimum atomic E-state index is 0.135. The second-order valence-corrected chi connectivity index (χ2v) is 5.85. The summed E-state index contributed by atoms with van der Waals surface area (Å²) in [6.45, 7) is 2.72. The van der Waals surface area contributed by atoms with Crippen LogP contribution in [0.3, 0.4) is 0 Å². The van der Waals surface area contributed by atoms with Crippen LogP contribution in [0.4, 0.5) is 5.69 Å². The molecule has 3 rings (SSSR count). The van der Waals surface area contributed by atoms with Crippen molar-refractivity contribution in [3.8, 4) is 0 Å². The Labute approximate surface area is 109 Å². The highest BCUT2D eigenvalue weighted by Crippen LogP contribution is 2.49. The molecule has 0 saturated heterocycles. The molecule has 0 bridgehead atoms. The highest BCUT2D eigenvalue weighted by molar-refractivity contribution is 5.94. The molecule has 1 aromatic carbocycles. The van der Waals surface area contributed by atoms with Gasteiger partial charge in [0.15, 0.2) is 5.78 Å². The molecule has 2 saturated carbocycles. The lowest BCUT2D eigenvalue weighted by atomic mass is 9.98. The molecule has 2 aliphatic carbocycles. The van der Waals surface area contributed by atoms with Gasteiger partial charge >= 0.3 is 0 Å². The highest BCUT2D eigenvalue weighted by Gasteiger charge is 2.40. The smallest absolute Gasteiger partial charge is 0.159 e.